The van der Waals surface area contributed by atoms with Gasteiger partial charge in [-0.15, -0.1) is 0 Å². The Kier molecular flexibility index (Phi) is 4.00. The molecule has 0 fully saturated rings. The Balaban J connectivity index is 2.04. The number of carbonyl (C=O) groups excluding carboxylic acids is 1. The summed E-state index contributed by atoms with van der Waals surface area (Å²) < 4.78 is 1.05. The molecule has 4 heteroatoms. The van der Waals surface area contributed by atoms with Gasteiger partial charge in [-0.25, -0.2) is 0 Å². The minimum atomic E-state index is -0.0385. The fourth-order valence-corrected chi connectivity index (χ4v) is 3.62. The maximum absolute atomic E-state index is 12.9. The van der Waals surface area contributed by atoms with Crippen molar-refractivity contribution in [3.63, 3.8) is 0 Å². The summed E-state index contributed by atoms with van der Waals surface area (Å²) in [5.41, 5.74) is 4.38. The molecule has 0 atom stereocenters. The molecule has 1 amide bonds. The normalized spacial score (nSPS) is 13.4. The van der Waals surface area contributed by atoms with E-state index in [2.05, 4.69) is 28.1 Å². The zero-order chi connectivity index (χ0) is 15.7. The van der Waals surface area contributed by atoms with Crippen LogP contribution in [0.5, 0.6) is 0 Å². The van der Waals surface area contributed by atoms with Gasteiger partial charge in [0.05, 0.1) is 17.3 Å². The van der Waals surface area contributed by atoms with Crippen molar-refractivity contribution in [3.8, 4) is 6.07 Å². The second-order valence-electron chi connectivity index (χ2n) is 5.48. The van der Waals surface area contributed by atoms with Gasteiger partial charge in [0.2, 0.25) is 0 Å². The van der Waals surface area contributed by atoms with Gasteiger partial charge >= 0.3 is 0 Å². The van der Waals surface area contributed by atoms with Crippen molar-refractivity contribution in [1.82, 2.24) is 0 Å². The first-order valence-electron chi connectivity index (χ1n) is 7.21. The van der Waals surface area contributed by atoms with Crippen LogP contribution in [-0.2, 0) is 6.42 Å². The summed E-state index contributed by atoms with van der Waals surface area (Å²) in [6.45, 7) is 2.74. The number of halogens is 1. The Morgan fingerprint density at radius 2 is 2.14 bits per heavy atom. The van der Waals surface area contributed by atoms with Crippen LogP contribution >= 0.6 is 15.9 Å². The van der Waals surface area contributed by atoms with Gasteiger partial charge < -0.3 is 4.90 Å². The highest BCUT2D eigenvalue weighted by atomic mass is 79.9. The lowest BCUT2D eigenvalue weighted by molar-refractivity contribution is 0.0985. The predicted octanol–water partition coefficient (Wildman–Crippen LogP) is 4.22. The average Bonchev–Trinajstić information content (AvgIpc) is 2.53. The van der Waals surface area contributed by atoms with E-state index in [1.807, 2.05) is 17.9 Å². The molecule has 2 aromatic carbocycles. The van der Waals surface area contributed by atoms with E-state index in [9.17, 15) is 4.79 Å². The van der Waals surface area contributed by atoms with E-state index in [0.717, 1.165) is 28.6 Å². The van der Waals surface area contributed by atoms with Gasteiger partial charge in [0.15, 0.2) is 0 Å². The molecule has 0 N–H and O–H groups in total. The van der Waals surface area contributed by atoms with Gasteiger partial charge in [0.25, 0.3) is 5.91 Å². The molecule has 1 heterocycles. The summed E-state index contributed by atoms with van der Waals surface area (Å²) in [6.07, 6.45) is 1.93. The van der Waals surface area contributed by atoms with Gasteiger partial charge in [-0.3, -0.25) is 4.79 Å². The number of aryl methyl sites for hydroxylation is 2. The number of amides is 1. The fourth-order valence-electron chi connectivity index (χ4n) is 3.00. The lowest BCUT2D eigenvalue weighted by Crippen LogP contribution is -2.36. The Morgan fingerprint density at radius 3 is 2.91 bits per heavy atom. The Bertz CT molecular complexity index is 792. The number of anilines is 1. The molecule has 2 aromatic rings. The van der Waals surface area contributed by atoms with Crippen LogP contribution in [0.3, 0.4) is 0 Å². The number of fused-ring (bicyclic) bond motifs is 1. The minimum absolute atomic E-state index is 0.0385. The van der Waals surface area contributed by atoms with Crippen molar-refractivity contribution >= 4 is 27.5 Å². The molecule has 0 radical (unpaired) electrons. The predicted molar refractivity (Wildman–Crippen MR) is 90.0 cm³/mol. The van der Waals surface area contributed by atoms with Crippen LogP contribution in [0.4, 0.5) is 5.69 Å². The zero-order valence-corrected chi connectivity index (χ0v) is 13.9. The molecule has 0 unspecified atom stereocenters. The number of rotatable bonds is 1. The van der Waals surface area contributed by atoms with Crippen LogP contribution in [0.1, 0.15) is 33.5 Å². The first-order valence-corrected chi connectivity index (χ1v) is 8.00. The molecule has 0 aliphatic carbocycles. The van der Waals surface area contributed by atoms with Gasteiger partial charge in [0, 0.05) is 16.6 Å². The standard InChI is InChI=1S/C18H15BrN2O/c1-12-8-16(19)10-14-6-3-7-21(17(12)14)18(22)15-5-2-4-13(9-15)11-20/h2,4-5,8-10H,3,6-7H2,1H3. The summed E-state index contributed by atoms with van der Waals surface area (Å²) in [5, 5.41) is 9.01. The molecule has 0 saturated carbocycles. The highest BCUT2D eigenvalue weighted by Gasteiger charge is 2.25. The molecule has 110 valence electrons. The van der Waals surface area contributed by atoms with Crippen LogP contribution in [0.15, 0.2) is 40.9 Å². The summed E-state index contributed by atoms with van der Waals surface area (Å²) in [6, 6.07) is 13.1. The average molecular weight is 355 g/mol. The largest absolute Gasteiger partial charge is 0.308 e. The van der Waals surface area contributed by atoms with Crippen molar-refractivity contribution < 1.29 is 4.79 Å². The summed E-state index contributed by atoms with van der Waals surface area (Å²) in [7, 11) is 0. The second kappa shape index (κ2) is 5.94. The smallest absolute Gasteiger partial charge is 0.258 e. The topological polar surface area (TPSA) is 44.1 Å². The van der Waals surface area contributed by atoms with Crippen molar-refractivity contribution in [2.24, 2.45) is 0 Å². The zero-order valence-electron chi connectivity index (χ0n) is 12.3. The maximum atomic E-state index is 12.9. The molecule has 0 saturated heterocycles. The third-order valence-electron chi connectivity index (χ3n) is 3.93. The minimum Gasteiger partial charge on any atom is -0.308 e. The maximum Gasteiger partial charge on any atom is 0.258 e. The molecule has 3 nitrogen and oxygen atoms in total. The van der Waals surface area contributed by atoms with Crippen molar-refractivity contribution in [1.29, 1.82) is 5.26 Å². The molecule has 1 aliphatic rings. The molecule has 0 bridgehead atoms. The van der Waals surface area contributed by atoms with E-state index >= 15 is 0 Å². The Morgan fingerprint density at radius 1 is 1.32 bits per heavy atom. The van der Waals surface area contributed by atoms with Crippen molar-refractivity contribution in [2.75, 3.05) is 11.4 Å². The summed E-state index contributed by atoms with van der Waals surface area (Å²) in [5.74, 6) is -0.0385. The van der Waals surface area contributed by atoms with E-state index in [-0.39, 0.29) is 5.91 Å². The first kappa shape index (κ1) is 14.8. The lowest BCUT2D eigenvalue weighted by Gasteiger charge is -2.31. The molecule has 22 heavy (non-hydrogen) atoms. The van der Waals surface area contributed by atoms with E-state index in [4.69, 9.17) is 5.26 Å². The lowest BCUT2D eigenvalue weighted by atomic mass is 9.97. The Hall–Kier alpha value is -2.12. The van der Waals surface area contributed by atoms with E-state index in [1.165, 1.54) is 5.56 Å². The molecule has 3 rings (SSSR count). The van der Waals surface area contributed by atoms with Gasteiger partial charge in [-0.1, -0.05) is 22.0 Å². The number of hydrogen-bond acceptors (Lipinski definition) is 2. The van der Waals surface area contributed by atoms with E-state index < -0.39 is 0 Å². The first-order chi connectivity index (χ1) is 10.6. The van der Waals surface area contributed by atoms with Crippen LogP contribution in [0, 0.1) is 18.3 Å². The van der Waals surface area contributed by atoms with Crippen molar-refractivity contribution in [2.45, 2.75) is 19.8 Å². The van der Waals surface area contributed by atoms with Gasteiger partial charge in [-0.05, 0) is 61.2 Å². The van der Waals surface area contributed by atoms with Crippen LogP contribution in [0.2, 0.25) is 0 Å². The van der Waals surface area contributed by atoms with Crippen LogP contribution in [0.25, 0.3) is 0 Å². The number of carbonyl (C=O) groups is 1. The van der Waals surface area contributed by atoms with Crippen molar-refractivity contribution in [3.05, 3.63) is 63.1 Å². The summed E-state index contributed by atoms with van der Waals surface area (Å²) >= 11 is 3.52. The SMILES string of the molecule is Cc1cc(Br)cc2c1N(C(=O)c1cccc(C#N)c1)CCC2. The van der Waals surface area contributed by atoms with E-state index in [0.29, 0.717) is 17.7 Å². The third-order valence-corrected chi connectivity index (χ3v) is 4.38. The molecular formula is C18H15BrN2O. The third kappa shape index (κ3) is 2.65. The molecular weight excluding hydrogens is 340 g/mol. The fraction of sp³-hybridized carbons (Fsp3) is 0.222. The van der Waals surface area contributed by atoms with Crippen LogP contribution in [-0.4, -0.2) is 12.5 Å². The second-order valence-corrected chi connectivity index (χ2v) is 6.40. The number of benzene rings is 2. The summed E-state index contributed by atoms with van der Waals surface area (Å²) in [4.78, 5) is 14.7. The number of nitriles is 1. The number of nitrogens with zero attached hydrogens (tertiary/aromatic N) is 2. The van der Waals surface area contributed by atoms with Crippen LogP contribution < -0.4 is 4.90 Å². The van der Waals surface area contributed by atoms with Gasteiger partial charge in [-0.2, -0.15) is 5.26 Å². The molecule has 0 spiro atoms. The Labute approximate surface area is 138 Å². The van der Waals surface area contributed by atoms with E-state index in [1.54, 1.807) is 24.3 Å². The highest BCUT2D eigenvalue weighted by Crippen LogP contribution is 2.34. The molecule has 1 aliphatic heterocycles. The number of hydrogen-bond donors (Lipinski definition) is 0. The monoisotopic (exact) mass is 354 g/mol. The molecule has 0 aromatic heterocycles. The highest BCUT2D eigenvalue weighted by molar-refractivity contribution is 9.10. The quantitative estimate of drug-likeness (QED) is 0.769. The van der Waals surface area contributed by atoms with Gasteiger partial charge in [0.1, 0.15) is 0 Å².